The predicted molar refractivity (Wildman–Crippen MR) is 83.7 cm³/mol. The SMILES string of the molecule is CCNCC1CCCCCC1Cc1cccc(Cl)c1F. The second-order valence-corrected chi connectivity index (χ2v) is 6.29. The Balaban J connectivity index is 2.08. The van der Waals surface area contributed by atoms with Gasteiger partial charge >= 0.3 is 0 Å². The molecule has 1 aliphatic rings. The van der Waals surface area contributed by atoms with Gasteiger partial charge in [-0.25, -0.2) is 4.39 Å². The first-order chi connectivity index (χ1) is 9.72. The first-order valence-electron chi connectivity index (χ1n) is 7.86. The molecule has 1 aliphatic carbocycles. The molecule has 1 fully saturated rings. The quantitative estimate of drug-likeness (QED) is 0.768. The standard InChI is InChI=1S/C17H25ClFN/c1-2-20-12-15-8-5-3-4-7-13(15)11-14-9-6-10-16(18)17(14)19/h6,9-10,13,15,20H,2-5,7-8,11-12H2,1H3. The highest BCUT2D eigenvalue weighted by atomic mass is 35.5. The van der Waals surface area contributed by atoms with Crippen molar-refractivity contribution in [3.63, 3.8) is 0 Å². The fraction of sp³-hybridized carbons (Fsp3) is 0.647. The van der Waals surface area contributed by atoms with Gasteiger partial charge < -0.3 is 5.32 Å². The minimum absolute atomic E-state index is 0.222. The lowest BCUT2D eigenvalue weighted by Gasteiger charge is -2.25. The highest BCUT2D eigenvalue weighted by molar-refractivity contribution is 6.30. The third-order valence-corrected chi connectivity index (χ3v) is 4.78. The normalized spacial score (nSPS) is 23.6. The van der Waals surface area contributed by atoms with Crippen molar-refractivity contribution in [2.75, 3.05) is 13.1 Å². The molecule has 2 rings (SSSR count). The van der Waals surface area contributed by atoms with Gasteiger partial charge in [0.05, 0.1) is 5.02 Å². The summed E-state index contributed by atoms with van der Waals surface area (Å²) in [5, 5.41) is 3.72. The van der Waals surface area contributed by atoms with E-state index in [9.17, 15) is 4.39 Å². The van der Waals surface area contributed by atoms with Crippen LogP contribution in [-0.2, 0) is 6.42 Å². The predicted octanol–water partition coefficient (Wildman–Crippen LogP) is 4.83. The van der Waals surface area contributed by atoms with Crippen LogP contribution in [0.25, 0.3) is 0 Å². The van der Waals surface area contributed by atoms with E-state index in [1.54, 1.807) is 6.07 Å². The fourth-order valence-electron chi connectivity index (χ4n) is 3.32. The molecular formula is C17H25ClFN. The summed E-state index contributed by atoms with van der Waals surface area (Å²) in [7, 11) is 0. The molecule has 2 atom stereocenters. The number of hydrogen-bond acceptors (Lipinski definition) is 1. The third-order valence-electron chi connectivity index (χ3n) is 4.49. The van der Waals surface area contributed by atoms with Gasteiger partial charge in [0.2, 0.25) is 0 Å². The molecule has 0 amide bonds. The zero-order valence-corrected chi connectivity index (χ0v) is 13.1. The van der Waals surface area contributed by atoms with Crippen LogP contribution in [0.1, 0.15) is 44.6 Å². The number of rotatable bonds is 5. The van der Waals surface area contributed by atoms with Gasteiger partial charge in [-0.1, -0.05) is 49.9 Å². The summed E-state index contributed by atoms with van der Waals surface area (Å²) in [6, 6.07) is 5.37. The summed E-state index contributed by atoms with van der Waals surface area (Å²) in [5.41, 5.74) is 0.783. The molecule has 112 valence electrons. The Morgan fingerprint density at radius 2 is 1.95 bits per heavy atom. The van der Waals surface area contributed by atoms with Crippen molar-refractivity contribution in [3.05, 3.63) is 34.6 Å². The minimum atomic E-state index is -0.222. The Hall–Kier alpha value is -0.600. The van der Waals surface area contributed by atoms with Crippen molar-refractivity contribution in [3.8, 4) is 0 Å². The van der Waals surface area contributed by atoms with Crippen molar-refractivity contribution < 1.29 is 4.39 Å². The van der Waals surface area contributed by atoms with Gasteiger partial charge in [0.15, 0.2) is 0 Å². The van der Waals surface area contributed by atoms with Crippen LogP contribution in [0.3, 0.4) is 0 Å². The smallest absolute Gasteiger partial charge is 0.144 e. The van der Waals surface area contributed by atoms with Crippen molar-refractivity contribution >= 4 is 11.6 Å². The average Bonchev–Trinajstić information content (AvgIpc) is 2.67. The molecule has 0 aromatic heterocycles. The number of benzene rings is 1. The van der Waals surface area contributed by atoms with Crippen LogP contribution in [0.2, 0.25) is 5.02 Å². The van der Waals surface area contributed by atoms with E-state index in [4.69, 9.17) is 11.6 Å². The van der Waals surface area contributed by atoms with E-state index in [-0.39, 0.29) is 10.8 Å². The van der Waals surface area contributed by atoms with Crippen molar-refractivity contribution in [1.29, 1.82) is 0 Å². The first kappa shape index (κ1) is 15.8. The molecule has 2 unspecified atom stereocenters. The maximum Gasteiger partial charge on any atom is 0.144 e. The molecule has 1 aromatic carbocycles. The Labute approximate surface area is 126 Å². The van der Waals surface area contributed by atoms with Gasteiger partial charge in [-0.2, -0.15) is 0 Å². The number of nitrogens with one attached hydrogen (secondary N) is 1. The van der Waals surface area contributed by atoms with E-state index in [1.807, 2.05) is 12.1 Å². The largest absolute Gasteiger partial charge is 0.317 e. The monoisotopic (exact) mass is 297 g/mol. The Morgan fingerprint density at radius 1 is 1.20 bits per heavy atom. The molecule has 1 nitrogen and oxygen atoms in total. The zero-order chi connectivity index (χ0) is 14.4. The fourth-order valence-corrected chi connectivity index (χ4v) is 3.51. The topological polar surface area (TPSA) is 12.0 Å². The maximum absolute atomic E-state index is 14.1. The van der Waals surface area contributed by atoms with Crippen LogP contribution in [0.15, 0.2) is 18.2 Å². The molecule has 0 bridgehead atoms. The van der Waals surface area contributed by atoms with E-state index in [1.165, 1.54) is 32.1 Å². The van der Waals surface area contributed by atoms with Gasteiger partial charge in [-0.3, -0.25) is 0 Å². The highest BCUT2D eigenvalue weighted by Gasteiger charge is 2.24. The van der Waals surface area contributed by atoms with E-state index < -0.39 is 0 Å². The Kier molecular flexibility index (Phi) is 6.31. The first-order valence-corrected chi connectivity index (χ1v) is 8.23. The van der Waals surface area contributed by atoms with Crippen LogP contribution >= 0.6 is 11.6 Å². The second kappa shape index (κ2) is 7.99. The lowest BCUT2D eigenvalue weighted by molar-refractivity contribution is 0.297. The van der Waals surface area contributed by atoms with Crippen LogP contribution in [0.4, 0.5) is 4.39 Å². The molecule has 0 saturated heterocycles. The van der Waals surface area contributed by atoms with Gasteiger partial charge in [-0.15, -0.1) is 0 Å². The molecule has 1 saturated carbocycles. The van der Waals surface area contributed by atoms with Crippen LogP contribution in [0, 0.1) is 17.7 Å². The van der Waals surface area contributed by atoms with E-state index in [0.29, 0.717) is 11.8 Å². The lowest BCUT2D eigenvalue weighted by Crippen LogP contribution is -2.29. The summed E-state index contributed by atoms with van der Waals surface area (Å²) in [6.45, 7) is 4.21. The average molecular weight is 298 g/mol. The van der Waals surface area contributed by atoms with E-state index in [0.717, 1.165) is 25.1 Å². The van der Waals surface area contributed by atoms with Crippen molar-refractivity contribution in [1.82, 2.24) is 5.32 Å². The maximum atomic E-state index is 14.1. The van der Waals surface area contributed by atoms with E-state index >= 15 is 0 Å². The van der Waals surface area contributed by atoms with Gasteiger partial charge in [0.25, 0.3) is 0 Å². The minimum Gasteiger partial charge on any atom is -0.317 e. The number of hydrogen-bond donors (Lipinski definition) is 1. The summed E-state index contributed by atoms with van der Waals surface area (Å²) in [6.07, 6.45) is 7.20. The van der Waals surface area contributed by atoms with Crippen molar-refractivity contribution in [2.45, 2.75) is 45.4 Å². The molecule has 3 heteroatoms. The van der Waals surface area contributed by atoms with Gasteiger partial charge in [0.1, 0.15) is 5.82 Å². The molecule has 1 N–H and O–H groups in total. The molecule has 20 heavy (non-hydrogen) atoms. The van der Waals surface area contributed by atoms with Crippen molar-refractivity contribution in [2.24, 2.45) is 11.8 Å². The van der Waals surface area contributed by atoms with Crippen LogP contribution in [-0.4, -0.2) is 13.1 Å². The lowest BCUT2D eigenvalue weighted by atomic mass is 9.83. The van der Waals surface area contributed by atoms with Gasteiger partial charge in [-0.05, 0) is 55.8 Å². The Bertz CT molecular complexity index is 421. The summed E-state index contributed by atoms with van der Waals surface area (Å²) >= 11 is 5.90. The summed E-state index contributed by atoms with van der Waals surface area (Å²) in [5.74, 6) is 1.01. The van der Waals surface area contributed by atoms with Crippen LogP contribution < -0.4 is 5.32 Å². The molecule has 1 aromatic rings. The molecule has 0 heterocycles. The molecule has 0 radical (unpaired) electrons. The van der Waals surface area contributed by atoms with Gasteiger partial charge in [0, 0.05) is 0 Å². The Morgan fingerprint density at radius 3 is 2.70 bits per heavy atom. The molecule has 0 aliphatic heterocycles. The zero-order valence-electron chi connectivity index (χ0n) is 12.3. The van der Waals surface area contributed by atoms with E-state index in [2.05, 4.69) is 12.2 Å². The molecule has 0 spiro atoms. The molecular weight excluding hydrogens is 273 g/mol. The highest BCUT2D eigenvalue weighted by Crippen LogP contribution is 2.32. The number of halogens is 2. The summed E-state index contributed by atoms with van der Waals surface area (Å²) in [4.78, 5) is 0. The van der Waals surface area contributed by atoms with Crippen LogP contribution in [0.5, 0.6) is 0 Å². The third kappa shape index (κ3) is 4.20. The second-order valence-electron chi connectivity index (χ2n) is 5.88. The summed E-state index contributed by atoms with van der Waals surface area (Å²) < 4.78 is 14.1.